The molecule has 0 aliphatic carbocycles. The lowest BCUT2D eigenvalue weighted by Gasteiger charge is -2.46. The average Bonchev–Trinajstić information content (AvgIpc) is 2.52. The van der Waals surface area contributed by atoms with E-state index in [0.717, 1.165) is 38.8 Å². The van der Waals surface area contributed by atoms with E-state index in [1.165, 1.54) is 12.7 Å². The number of hydrogen-bond donors (Lipinski definition) is 2. The SMILES string of the molecule is CC1(C)CC(Nc2ncnc(N3CCCCC3)c2[N+](=O)[O-])CC(C)(C)N1. The van der Waals surface area contributed by atoms with E-state index >= 15 is 0 Å². The molecule has 144 valence electrons. The molecule has 2 aliphatic rings. The van der Waals surface area contributed by atoms with E-state index in [4.69, 9.17) is 0 Å². The van der Waals surface area contributed by atoms with E-state index in [1.54, 1.807) is 0 Å². The van der Waals surface area contributed by atoms with Gasteiger partial charge in [-0.15, -0.1) is 0 Å². The minimum atomic E-state index is -0.344. The molecular weight excluding hydrogens is 332 g/mol. The van der Waals surface area contributed by atoms with Crippen LogP contribution in [0.25, 0.3) is 0 Å². The molecule has 3 rings (SSSR count). The third kappa shape index (κ3) is 4.23. The van der Waals surface area contributed by atoms with Gasteiger partial charge in [-0.3, -0.25) is 10.1 Å². The molecule has 8 heteroatoms. The van der Waals surface area contributed by atoms with Crippen molar-refractivity contribution in [2.24, 2.45) is 0 Å². The molecule has 0 atom stereocenters. The fraction of sp³-hybridized carbons (Fsp3) is 0.778. The van der Waals surface area contributed by atoms with Gasteiger partial charge in [-0.1, -0.05) is 0 Å². The fourth-order valence-electron chi connectivity index (χ4n) is 4.60. The van der Waals surface area contributed by atoms with Gasteiger partial charge in [0, 0.05) is 30.2 Å². The van der Waals surface area contributed by atoms with Gasteiger partial charge in [-0.2, -0.15) is 0 Å². The van der Waals surface area contributed by atoms with Gasteiger partial charge < -0.3 is 15.5 Å². The minimum absolute atomic E-state index is 0.00328. The Hall–Kier alpha value is -1.96. The summed E-state index contributed by atoms with van der Waals surface area (Å²) in [5, 5.41) is 18.8. The Labute approximate surface area is 154 Å². The lowest BCUT2D eigenvalue weighted by atomic mass is 9.79. The molecule has 0 radical (unpaired) electrons. The number of anilines is 2. The number of nitro groups is 1. The van der Waals surface area contributed by atoms with Crippen molar-refractivity contribution in [3.05, 3.63) is 16.4 Å². The van der Waals surface area contributed by atoms with E-state index in [2.05, 4.69) is 48.3 Å². The monoisotopic (exact) mass is 362 g/mol. The molecular formula is C18H30N6O2. The van der Waals surface area contributed by atoms with E-state index in [0.29, 0.717) is 11.6 Å². The molecule has 8 nitrogen and oxygen atoms in total. The van der Waals surface area contributed by atoms with Crippen LogP contribution in [0.1, 0.15) is 59.8 Å². The molecule has 0 amide bonds. The summed E-state index contributed by atoms with van der Waals surface area (Å²) in [7, 11) is 0. The van der Waals surface area contributed by atoms with Crippen LogP contribution in [0.2, 0.25) is 0 Å². The average molecular weight is 362 g/mol. The van der Waals surface area contributed by atoms with E-state index in [1.807, 2.05) is 4.90 Å². The van der Waals surface area contributed by atoms with Gasteiger partial charge in [0.05, 0.1) is 4.92 Å². The highest BCUT2D eigenvalue weighted by Gasteiger charge is 2.39. The third-order valence-corrected chi connectivity index (χ3v) is 5.17. The predicted molar refractivity (Wildman–Crippen MR) is 103 cm³/mol. The molecule has 2 aliphatic heterocycles. The number of rotatable bonds is 4. The first-order valence-electron chi connectivity index (χ1n) is 9.47. The summed E-state index contributed by atoms with van der Waals surface area (Å²) in [6.45, 7) is 10.3. The molecule has 3 heterocycles. The Bertz CT molecular complexity index is 654. The van der Waals surface area contributed by atoms with Crippen molar-refractivity contribution in [1.29, 1.82) is 0 Å². The first-order chi connectivity index (χ1) is 12.2. The highest BCUT2D eigenvalue weighted by Crippen LogP contribution is 2.36. The highest BCUT2D eigenvalue weighted by molar-refractivity contribution is 5.70. The van der Waals surface area contributed by atoms with Crippen molar-refractivity contribution in [3.63, 3.8) is 0 Å². The number of aromatic nitrogens is 2. The zero-order chi connectivity index (χ0) is 18.9. The molecule has 2 saturated heterocycles. The molecule has 1 aromatic heterocycles. The largest absolute Gasteiger partial charge is 0.361 e. The molecule has 26 heavy (non-hydrogen) atoms. The van der Waals surface area contributed by atoms with E-state index in [9.17, 15) is 10.1 Å². The Morgan fingerprint density at radius 2 is 1.77 bits per heavy atom. The van der Waals surface area contributed by atoms with Crippen molar-refractivity contribution in [1.82, 2.24) is 15.3 Å². The van der Waals surface area contributed by atoms with Gasteiger partial charge in [0.2, 0.25) is 11.6 Å². The molecule has 0 aromatic carbocycles. The van der Waals surface area contributed by atoms with E-state index < -0.39 is 0 Å². The Morgan fingerprint density at radius 3 is 2.35 bits per heavy atom. The van der Waals surface area contributed by atoms with E-state index in [-0.39, 0.29) is 27.7 Å². The summed E-state index contributed by atoms with van der Waals surface area (Å²) in [6, 6.07) is 0.115. The van der Waals surface area contributed by atoms with Gasteiger partial charge in [0.1, 0.15) is 6.33 Å². The van der Waals surface area contributed by atoms with Crippen LogP contribution >= 0.6 is 0 Å². The zero-order valence-corrected chi connectivity index (χ0v) is 16.2. The molecule has 0 bridgehead atoms. The van der Waals surface area contributed by atoms with Gasteiger partial charge in [-0.25, -0.2) is 9.97 Å². The second-order valence-electron chi connectivity index (χ2n) is 8.84. The Balaban J connectivity index is 1.88. The van der Waals surface area contributed by atoms with Crippen LogP contribution in [0.3, 0.4) is 0 Å². The summed E-state index contributed by atoms with van der Waals surface area (Å²) in [5.74, 6) is 0.781. The van der Waals surface area contributed by atoms with Gasteiger partial charge >= 0.3 is 5.69 Å². The minimum Gasteiger partial charge on any atom is -0.361 e. The van der Waals surface area contributed by atoms with Crippen LogP contribution in [-0.4, -0.2) is 45.1 Å². The topological polar surface area (TPSA) is 96.2 Å². The van der Waals surface area contributed by atoms with Crippen LogP contribution in [0.15, 0.2) is 6.33 Å². The first kappa shape index (κ1) is 18.8. The van der Waals surface area contributed by atoms with Crippen molar-refractivity contribution in [3.8, 4) is 0 Å². The van der Waals surface area contributed by atoms with Crippen molar-refractivity contribution >= 4 is 17.3 Å². The zero-order valence-electron chi connectivity index (χ0n) is 16.2. The Kier molecular flexibility index (Phi) is 5.05. The maximum Gasteiger partial charge on any atom is 0.353 e. The first-order valence-corrected chi connectivity index (χ1v) is 9.47. The summed E-state index contributed by atoms with van der Waals surface area (Å²) < 4.78 is 0. The van der Waals surface area contributed by atoms with Crippen LogP contribution < -0.4 is 15.5 Å². The predicted octanol–water partition coefficient (Wildman–Crippen LogP) is 3.10. The standard InChI is InChI=1S/C18H30N6O2/c1-17(2)10-13(11-18(3,4)22-17)21-15-14(24(25)26)16(20-12-19-15)23-8-6-5-7-9-23/h12-13,22H,5-11H2,1-4H3,(H,19,20,21). The van der Waals surface area contributed by atoms with Crippen LogP contribution in [0.4, 0.5) is 17.3 Å². The third-order valence-electron chi connectivity index (χ3n) is 5.17. The lowest BCUT2D eigenvalue weighted by Crippen LogP contribution is -2.60. The molecule has 0 spiro atoms. The second-order valence-corrected chi connectivity index (χ2v) is 8.84. The molecule has 0 saturated carbocycles. The fourth-order valence-corrected chi connectivity index (χ4v) is 4.60. The number of hydrogen-bond acceptors (Lipinski definition) is 7. The molecule has 0 unspecified atom stereocenters. The maximum atomic E-state index is 11.8. The number of piperidine rings is 2. The summed E-state index contributed by atoms with van der Waals surface area (Å²) in [4.78, 5) is 22.0. The molecule has 2 N–H and O–H groups in total. The lowest BCUT2D eigenvalue weighted by molar-refractivity contribution is -0.383. The van der Waals surface area contributed by atoms with Crippen molar-refractivity contribution in [2.75, 3.05) is 23.3 Å². The smallest absolute Gasteiger partial charge is 0.353 e. The Morgan fingerprint density at radius 1 is 1.15 bits per heavy atom. The number of nitrogens with one attached hydrogen (secondary N) is 2. The van der Waals surface area contributed by atoms with Crippen LogP contribution in [0.5, 0.6) is 0 Å². The second kappa shape index (κ2) is 6.98. The molecule has 1 aromatic rings. The van der Waals surface area contributed by atoms with Gasteiger partial charge in [0.25, 0.3) is 0 Å². The van der Waals surface area contributed by atoms with Crippen molar-refractivity contribution in [2.45, 2.75) is 76.9 Å². The summed E-state index contributed by atoms with van der Waals surface area (Å²) >= 11 is 0. The van der Waals surface area contributed by atoms with Crippen LogP contribution in [-0.2, 0) is 0 Å². The quantitative estimate of drug-likeness (QED) is 0.627. The normalized spacial score (nSPS) is 22.8. The number of nitrogens with zero attached hydrogens (tertiary/aromatic N) is 4. The maximum absolute atomic E-state index is 11.8. The van der Waals surface area contributed by atoms with Gasteiger partial charge in [-0.05, 0) is 59.8 Å². The highest BCUT2D eigenvalue weighted by atomic mass is 16.6. The molecule has 2 fully saturated rings. The van der Waals surface area contributed by atoms with Gasteiger partial charge in [0.15, 0.2) is 0 Å². The van der Waals surface area contributed by atoms with Crippen molar-refractivity contribution < 1.29 is 4.92 Å². The summed E-state index contributed by atoms with van der Waals surface area (Å²) in [6.07, 6.45) is 6.44. The summed E-state index contributed by atoms with van der Waals surface area (Å²) in [5.41, 5.74) is -0.0861. The van der Waals surface area contributed by atoms with Crippen LogP contribution in [0, 0.1) is 10.1 Å².